The van der Waals surface area contributed by atoms with Gasteiger partial charge in [-0.3, -0.25) is 9.48 Å². The number of halogens is 1. The molecule has 0 spiro atoms. The van der Waals surface area contributed by atoms with E-state index in [4.69, 9.17) is 11.6 Å². The number of aryl methyl sites for hydroxylation is 3. The summed E-state index contributed by atoms with van der Waals surface area (Å²) in [5.74, 6) is 0.144. The Hall–Kier alpha value is -1.61. The van der Waals surface area contributed by atoms with Crippen LogP contribution in [0.5, 0.6) is 0 Å². The van der Waals surface area contributed by atoms with Crippen LogP contribution in [0.2, 0.25) is 5.02 Å². The molecule has 94 valence electrons. The van der Waals surface area contributed by atoms with E-state index in [-0.39, 0.29) is 5.78 Å². The topological polar surface area (TPSA) is 34.9 Å². The van der Waals surface area contributed by atoms with Gasteiger partial charge in [0, 0.05) is 35.9 Å². The second-order valence-electron chi connectivity index (χ2n) is 4.33. The Kier molecular flexibility index (Phi) is 3.82. The van der Waals surface area contributed by atoms with Crippen molar-refractivity contribution < 1.29 is 4.79 Å². The van der Waals surface area contributed by atoms with Gasteiger partial charge in [0.2, 0.25) is 0 Å². The molecule has 0 saturated carbocycles. The maximum Gasteiger partial charge on any atom is 0.163 e. The van der Waals surface area contributed by atoms with E-state index in [9.17, 15) is 4.79 Å². The lowest BCUT2D eigenvalue weighted by Crippen LogP contribution is -2.06. The summed E-state index contributed by atoms with van der Waals surface area (Å²) in [4.78, 5) is 12.1. The lowest BCUT2D eigenvalue weighted by molar-refractivity contribution is 0.0981. The van der Waals surface area contributed by atoms with Crippen LogP contribution in [0.1, 0.15) is 28.0 Å². The predicted molar refractivity (Wildman–Crippen MR) is 72.0 cm³/mol. The predicted octanol–water partition coefficient (Wildman–Crippen LogP) is 3.20. The Bertz CT molecular complexity index is 575. The Morgan fingerprint density at radius 1 is 1.39 bits per heavy atom. The zero-order valence-electron chi connectivity index (χ0n) is 10.5. The fourth-order valence-corrected chi connectivity index (χ4v) is 2.19. The molecule has 0 aliphatic rings. The number of hydrogen-bond acceptors (Lipinski definition) is 2. The molecule has 0 radical (unpaired) electrons. The standard InChI is InChI=1S/C14H15ClN2O/c1-10-9-11(15)3-5-13(10)14(18)6-4-12-7-8-16-17(12)2/h3,5,7-9H,4,6H2,1-2H3. The summed E-state index contributed by atoms with van der Waals surface area (Å²) in [6.45, 7) is 1.91. The molecule has 3 nitrogen and oxygen atoms in total. The molecular weight excluding hydrogens is 248 g/mol. The largest absolute Gasteiger partial charge is 0.294 e. The number of aromatic nitrogens is 2. The summed E-state index contributed by atoms with van der Waals surface area (Å²) < 4.78 is 1.79. The van der Waals surface area contributed by atoms with Gasteiger partial charge in [0.1, 0.15) is 0 Å². The highest BCUT2D eigenvalue weighted by Crippen LogP contribution is 2.17. The van der Waals surface area contributed by atoms with E-state index in [1.807, 2.05) is 26.1 Å². The van der Waals surface area contributed by atoms with E-state index >= 15 is 0 Å². The van der Waals surface area contributed by atoms with Gasteiger partial charge >= 0.3 is 0 Å². The van der Waals surface area contributed by atoms with Crippen LogP contribution in [-0.2, 0) is 13.5 Å². The average molecular weight is 263 g/mol. The van der Waals surface area contributed by atoms with Crippen molar-refractivity contribution in [2.75, 3.05) is 0 Å². The molecule has 2 rings (SSSR count). The molecule has 0 saturated heterocycles. The van der Waals surface area contributed by atoms with Gasteiger partial charge in [0.15, 0.2) is 5.78 Å². The maximum atomic E-state index is 12.1. The van der Waals surface area contributed by atoms with Crippen molar-refractivity contribution in [2.45, 2.75) is 19.8 Å². The monoisotopic (exact) mass is 262 g/mol. The van der Waals surface area contributed by atoms with E-state index in [0.29, 0.717) is 17.9 Å². The number of benzene rings is 1. The third-order valence-corrected chi connectivity index (χ3v) is 3.25. The van der Waals surface area contributed by atoms with Crippen LogP contribution in [0.4, 0.5) is 0 Å². The first-order chi connectivity index (χ1) is 8.58. The Morgan fingerprint density at radius 3 is 2.78 bits per heavy atom. The van der Waals surface area contributed by atoms with Crippen LogP contribution in [0.3, 0.4) is 0 Å². The Labute approximate surface area is 111 Å². The van der Waals surface area contributed by atoms with Gasteiger partial charge in [-0.2, -0.15) is 5.10 Å². The summed E-state index contributed by atoms with van der Waals surface area (Å²) >= 11 is 5.88. The Balaban J connectivity index is 2.06. The first kappa shape index (κ1) is 12.8. The van der Waals surface area contributed by atoms with Crippen LogP contribution in [0, 0.1) is 6.92 Å². The van der Waals surface area contributed by atoms with Gasteiger partial charge in [-0.25, -0.2) is 0 Å². The molecule has 0 amide bonds. The van der Waals surface area contributed by atoms with Crippen LogP contribution in [0.15, 0.2) is 30.5 Å². The summed E-state index contributed by atoms with van der Waals surface area (Å²) in [6, 6.07) is 7.30. The molecule has 0 unspecified atom stereocenters. The Morgan fingerprint density at radius 2 is 2.17 bits per heavy atom. The van der Waals surface area contributed by atoms with Crippen molar-refractivity contribution in [1.82, 2.24) is 9.78 Å². The summed E-state index contributed by atoms with van der Waals surface area (Å²) in [7, 11) is 1.88. The van der Waals surface area contributed by atoms with E-state index in [0.717, 1.165) is 16.8 Å². The van der Waals surface area contributed by atoms with Gasteiger partial charge in [0.25, 0.3) is 0 Å². The van der Waals surface area contributed by atoms with Crippen molar-refractivity contribution >= 4 is 17.4 Å². The number of carbonyl (C=O) groups excluding carboxylic acids is 1. The molecule has 1 aromatic heterocycles. The average Bonchev–Trinajstić information content (AvgIpc) is 2.72. The number of carbonyl (C=O) groups is 1. The molecule has 4 heteroatoms. The van der Waals surface area contributed by atoms with Crippen LogP contribution in [0.25, 0.3) is 0 Å². The lowest BCUT2D eigenvalue weighted by atomic mass is 10.0. The third-order valence-electron chi connectivity index (χ3n) is 3.02. The first-order valence-corrected chi connectivity index (χ1v) is 6.22. The van der Waals surface area contributed by atoms with Crippen molar-refractivity contribution in [3.8, 4) is 0 Å². The van der Waals surface area contributed by atoms with Gasteiger partial charge in [-0.1, -0.05) is 11.6 Å². The lowest BCUT2D eigenvalue weighted by Gasteiger charge is -2.05. The van der Waals surface area contributed by atoms with E-state index in [1.54, 1.807) is 23.0 Å². The van der Waals surface area contributed by atoms with Crippen molar-refractivity contribution in [2.24, 2.45) is 7.05 Å². The number of Topliss-reactive ketones (excluding diaryl/α,β-unsaturated/α-hetero) is 1. The summed E-state index contributed by atoms with van der Waals surface area (Å²) in [5.41, 5.74) is 2.74. The van der Waals surface area contributed by atoms with E-state index < -0.39 is 0 Å². The molecule has 0 N–H and O–H groups in total. The molecule has 0 bridgehead atoms. The summed E-state index contributed by atoms with van der Waals surface area (Å²) in [5, 5.41) is 4.75. The minimum Gasteiger partial charge on any atom is -0.294 e. The maximum absolute atomic E-state index is 12.1. The number of rotatable bonds is 4. The molecule has 1 aromatic carbocycles. The van der Waals surface area contributed by atoms with E-state index in [1.165, 1.54) is 0 Å². The van der Waals surface area contributed by atoms with Crippen molar-refractivity contribution in [1.29, 1.82) is 0 Å². The second kappa shape index (κ2) is 5.36. The van der Waals surface area contributed by atoms with E-state index in [2.05, 4.69) is 5.10 Å². The molecule has 2 aromatic rings. The van der Waals surface area contributed by atoms with Gasteiger partial charge in [-0.15, -0.1) is 0 Å². The molecule has 0 atom stereocenters. The number of nitrogens with zero attached hydrogens (tertiary/aromatic N) is 2. The van der Waals surface area contributed by atoms with Crippen molar-refractivity contribution in [3.63, 3.8) is 0 Å². The molecule has 0 aliphatic heterocycles. The van der Waals surface area contributed by atoms with Gasteiger partial charge < -0.3 is 0 Å². The number of ketones is 1. The van der Waals surface area contributed by atoms with Gasteiger partial charge in [0.05, 0.1) is 0 Å². The highest BCUT2D eigenvalue weighted by molar-refractivity contribution is 6.30. The highest BCUT2D eigenvalue weighted by atomic mass is 35.5. The van der Waals surface area contributed by atoms with Crippen LogP contribution < -0.4 is 0 Å². The van der Waals surface area contributed by atoms with Crippen LogP contribution >= 0.6 is 11.6 Å². The first-order valence-electron chi connectivity index (χ1n) is 5.84. The second-order valence-corrected chi connectivity index (χ2v) is 4.77. The molecule has 0 fully saturated rings. The summed E-state index contributed by atoms with van der Waals surface area (Å²) in [6.07, 6.45) is 2.94. The molecule has 0 aliphatic carbocycles. The third kappa shape index (κ3) is 2.79. The fraction of sp³-hybridized carbons (Fsp3) is 0.286. The minimum absolute atomic E-state index is 0.144. The zero-order valence-corrected chi connectivity index (χ0v) is 11.2. The molecular formula is C14H15ClN2O. The van der Waals surface area contributed by atoms with Gasteiger partial charge in [-0.05, 0) is 43.2 Å². The SMILES string of the molecule is Cc1cc(Cl)ccc1C(=O)CCc1ccnn1C. The minimum atomic E-state index is 0.144. The highest BCUT2D eigenvalue weighted by Gasteiger charge is 2.10. The molecule has 1 heterocycles. The van der Waals surface area contributed by atoms with Crippen LogP contribution in [-0.4, -0.2) is 15.6 Å². The normalized spacial score (nSPS) is 10.6. The molecule has 18 heavy (non-hydrogen) atoms. The number of hydrogen-bond donors (Lipinski definition) is 0. The smallest absolute Gasteiger partial charge is 0.163 e. The fourth-order valence-electron chi connectivity index (χ4n) is 1.96. The zero-order chi connectivity index (χ0) is 13.1. The quantitative estimate of drug-likeness (QED) is 0.793. The van der Waals surface area contributed by atoms with Crippen molar-refractivity contribution in [3.05, 3.63) is 52.3 Å².